The van der Waals surface area contributed by atoms with Crippen molar-refractivity contribution in [1.29, 1.82) is 0 Å². The van der Waals surface area contributed by atoms with Gasteiger partial charge in [-0.3, -0.25) is 9.63 Å². The zero-order chi connectivity index (χ0) is 13.7. The Balaban J connectivity index is 2.60. The first kappa shape index (κ1) is 15.2. The smallest absolute Gasteiger partial charge is 0.247 e. The van der Waals surface area contributed by atoms with E-state index in [9.17, 15) is 4.79 Å². The summed E-state index contributed by atoms with van der Waals surface area (Å²) in [7, 11) is 5.11. The fraction of sp³-hybridized carbons (Fsp3) is 0.462. The largest absolute Gasteiger partial charge is 0.373 e. The molecule has 0 aliphatic rings. The lowest BCUT2D eigenvalue weighted by Gasteiger charge is -2.22. The lowest BCUT2D eigenvalue weighted by molar-refractivity contribution is -0.168. The van der Waals surface area contributed by atoms with Gasteiger partial charge < -0.3 is 4.90 Å². The van der Waals surface area contributed by atoms with Crippen LogP contribution >= 0.6 is 22.6 Å². The third-order valence-corrected chi connectivity index (χ3v) is 3.66. The van der Waals surface area contributed by atoms with Crippen LogP contribution < -0.4 is 4.90 Å². The molecule has 0 aromatic heterocycles. The summed E-state index contributed by atoms with van der Waals surface area (Å²) in [6, 6.07) is 6.30. The molecule has 100 valence electrons. The summed E-state index contributed by atoms with van der Waals surface area (Å²) in [6.45, 7) is 2.74. The molecule has 1 aromatic rings. The number of aryl methyl sites for hydroxylation is 1. The zero-order valence-electron chi connectivity index (χ0n) is 11.2. The number of carbonyl (C=O) groups excluding carboxylic acids is 1. The molecule has 0 saturated carbocycles. The van der Waals surface area contributed by atoms with Crippen LogP contribution in [-0.4, -0.2) is 38.7 Å². The highest BCUT2D eigenvalue weighted by Gasteiger charge is 2.11. The Labute approximate surface area is 122 Å². The van der Waals surface area contributed by atoms with E-state index in [4.69, 9.17) is 4.84 Å². The van der Waals surface area contributed by atoms with Crippen LogP contribution in [0.1, 0.15) is 12.0 Å². The van der Waals surface area contributed by atoms with E-state index in [1.165, 1.54) is 21.3 Å². The van der Waals surface area contributed by atoms with E-state index in [1.807, 2.05) is 7.05 Å². The Bertz CT molecular complexity index is 423. The Hall–Kier alpha value is -0.820. The first-order chi connectivity index (χ1) is 8.45. The maximum Gasteiger partial charge on any atom is 0.247 e. The van der Waals surface area contributed by atoms with Gasteiger partial charge in [0.25, 0.3) is 0 Å². The van der Waals surface area contributed by atoms with Crippen molar-refractivity contribution >= 4 is 34.2 Å². The number of benzene rings is 1. The molecule has 1 aromatic carbocycles. The van der Waals surface area contributed by atoms with Gasteiger partial charge in [-0.25, -0.2) is 5.06 Å². The quantitative estimate of drug-likeness (QED) is 0.596. The number of amides is 1. The van der Waals surface area contributed by atoms with Crippen molar-refractivity contribution < 1.29 is 9.63 Å². The lowest BCUT2D eigenvalue weighted by Crippen LogP contribution is -2.30. The minimum atomic E-state index is -0.0218. The Morgan fingerprint density at radius 3 is 2.61 bits per heavy atom. The number of hydroxylamine groups is 2. The standard InChI is InChI=1S/C13H19IN2O2/c1-10-5-6-12(11(14)9-10)15(2)8-7-13(17)16(3)18-4/h5-6,9H,7-8H2,1-4H3. The number of rotatable bonds is 5. The van der Waals surface area contributed by atoms with Gasteiger partial charge in [0.05, 0.1) is 7.11 Å². The van der Waals surface area contributed by atoms with Gasteiger partial charge in [-0.15, -0.1) is 0 Å². The van der Waals surface area contributed by atoms with Gasteiger partial charge in [0.2, 0.25) is 5.91 Å². The zero-order valence-corrected chi connectivity index (χ0v) is 13.4. The molecule has 4 nitrogen and oxygen atoms in total. The summed E-state index contributed by atoms with van der Waals surface area (Å²) >= 11 is 2.32. The summed E-state index contributed by atoms with van der Waals surface area (Å²) < 4.78 is 1.20. The summed E-state index contributed by atoms with van der Waals surface area (Å²) in [6.07, 6.45) is 0.435. The fourth-order valence-electron chi connectivity index (χ4n) is 1.56. The first-order valence-electron chi connectivity index (χ1n) is 5.73. The molecule has 0 aliphatic carbocycles. The third kappa shape index (κ3) is 4.13. The number of nitrogens with zero attached hydrogens (tertiary/aromatic N) is 2. The number of halogens is 1. The predicted octanol–water partition coefficient (Wildman–Crippen LogP) is 2.45. The number of anilines is 1. The van der Waals surface area contributed by atoms with E-state index in [2.05, 4.69) is 52.6 Å². The Morgan fingerprint density at radius 1 is 1.39 bits per heavy atom. The second-order valence-corrected chi connectivity index (χ2v) is 5.36. The lowest BCUT2D eigenvalue weighted by atomic mass is 10.2. The summed E-state index contributed by atoms with van der Waals surface area (Å²) in [4.78, 5) is 18.6. The molecule has 1 amide bonds. The van der Waals surface area contributed by atoms with E-state index < -0.39 is 0 Å². The minimum Gasteiger partial charge on any atom is -0.373 e. The average Bonchev–Trinajstić information content (AvgIpc) is 2.34. The van der Waals surface area contributed by atoms with Gasteiger partial charge in [-0.2, -0.15) is 0 Å². The van der Waals surface area contributed by atoms with E-state index >= 15 is 0 Å². The van der Waals surface area contributed by atoms with Crippen LogP contribution in [-0.2, 0) is 9.63 Å². The summed E-state index contributed by atoms with van der Waals surface area (Å²) in [5.41, 5.74) is 2.39. The van der Waals surface area contributed by atoms with Crippen LogP contribution in [0.3, 0.4) is 0 Å². The van der Waals surface area contributed by atoms with Gasteiger partial charge in [0.1, 0.15) is 0 Å². The summed E-state index contributed by atoms with van der Waals surface area (Å²) in [5.74, 6) is -0.0218. The van der Waals surface area contributed by atoms with E-state index in [-0.39, 0.29) is 5.91 Å². The van der Waals surface area contributed by atoms with Gasteiger partial charge in [0, 0.05) is 36.3 Å². The average molecular weight is 362 g/mol. The molecule has 1 rings (SSSR count). The monoisotopic (exact) mass is 362 g/mol. The van der Waals surface area contributed by atoms with Crippen LogP contribution in [0.5, 0.6) is 0 Å². The van der Waals surface area contributed by atoms with Crippen LogP contribution in [0.15, 0.2) is 18.2 Å². The highest BCUT2D eigenvalue weighted by Crippen LogP contribution is 2.22. The minimum absolute atomic E-state index is 0.0218. The SMILES string of the molecule is CON(C)C(=O)CCN(C)c1ccc(C)cc1I. The number of hydrogen-bond donors (Lipinski definition) is 0. The Kier molecular flexibility index (Phi) is 5.87. The van der Waals surface area contributed by atoms with Crippen molar-refractivity contribution in [2.45, 2.75) is 13.3 Å². The third-order valence-electron chi connectivity index (χ3n) is 2.80. The fourth-order valence-corrected chi connectivity index (χ4v) is 2.65. The number of carbonyl (C=O) groups is 1. The van der Waals surface area contributed by atoms with Crippen molar-refractivity contribution in [3.05, 3.63) is 27.3 Å². The van der Waals surface area contributed by atoms with Crippen molar-refractivity contribution in [2.24, 2.45) is 0 Å². The molecule has 0 unspecified atom stereocenters. The predicted molar refractivity (Wildman–Crippen MR) is 81.6 cm³/mol. The second kappa shape index (κ2) is 6.94. The van der Waals surface area contributed by atoms with E-state index in [0.29, 0.717) is 13.0 Å². The molecule has 0 heterocycles. The number of hydrogen-bond acceptors (Lipinski definition) is 3. The van der Waals surface area contributed by atoms with Crippen LogP contribution in [0.25, 0.3) is 0 Å². The van der Waals surface area contributed by atoms with E-state index in [0.717, 1.165) is 5.69 Å². The van der Waals surface area contributed by atoms with Gasteiger partial charge in [-0.1, -0.05) is 6.07 Å². The molecule has 0 fully saturated rings. The molecule has 0 atom stereocenters. The van der Waals surface area contributed by atoms with Crippen LogP contribution in [0.2, 0.25) is 0 Å². The highest BCUT2D eigenvalue weighted by molar-refractivity contribution is 14.1. The molecule has 0 radical (unpaired) electrons. The molecular formula is C13H19IN2O2. The highest BCUT2D eigenvalue weighted by atomic mass is 127. The normalized spacial score (nSPS) is 10.3. The first-order valence-corrected chi connectivity index (χ1v) is 6.81. The Morgan fingerprint density at radius 2 is 2.06 bits per heavy atom. The van der Waals surface area contributed by atoms with Crippen molar-refractivity contribution in [2.75, 3.05) is 32.6 Å². The van der Waals surface area contributed by atoms with Crippen molar-refractivity contribution in [3.8, 4) is 0 Å². The van der Waals surface area contributed by atoms with Gasteiger partial charge in [0.15, 0.2) is 0 Å². The molecule has 5 heteroatoms. The topological polar surface area (TPSA) is 32.8 Å². The maximum absolute atomic E-state index is 11.6. The molecule has 0 saturated heterocycles. The maximum atomic E-state index is 11.6. The molecular weight excluding hydrogens is 343 g/mol. The van der Waals surface area contributed by atoms with Gasteiger partial charge in [-0.05, 0) is 47.2 Å². The molecule has 0 spiro atoms. The molecule has 0 aliphatic heterocycles. The summed E-state index contributed by atoms with van der Waals surface area (Å²) in [5, 5.41) is 1.26. The van der Waals surface area contributed by atoms with E-state index in [1.54, 1.807) is 7.05 Å². The van der Waals surface area contributed by atoms with Crippen LogP contribution in [0.4, 0.5) is 5.69 Å². The van der Waals surface area contributed by atoms with Crippen LogP contribution in [0, 0.1) is 10.5 Å². The molecule has 0 N–H and O–H groups in total. The molecule has 18 heavy (non-hydrogen) atoms. The van der Waals surface area contributed by atoms with Gasteiger partial charge >= 0.3 is 0 Å². The van der Waals surface area contributed by atoms with Crippen molar-refractivity contribution in [3.63, 3.8) is 0 Å². The van der Waals surface area contributed by atoms with Crippen molar-refractivity contribution in [1.82, 2.24) is 5.06 Å². The molecule has 0 bridgehead atoms. The second-order valence-electron chi connectivity index (χ2n) is 4.20.